The van der Waals surface area contributed by atoms with Crippen LogP contribution in [0.15, 0.2) is 74.6 Å². The fourth-order valence-corrected chi connectivity index (χ4v) is 2.96. The molecule has 25 heavy (non-hydrogen) atoms. The number of anilines is 1. The Hall–Kier alpha value is -3.32. The summed E-state index contributed by atoms with van der Waals surface area (Å²) in [6, 6.07) is 12.9. The van der Waals surface area contributed by atoms with Gasteiger partial charge in [-0.15, -0.1) is 11.3 Å². The lowest BCUT2D eigenvalue weighted by atomic mass is 10.1. The lowest BCUT2D eigenvalue weighted by Gasteiger charge is -1.99. The van der Waals surface area contributed by atoms with Crippen molar-refractivity contribution in [3.8, 4) is 11.3 Å². The van der Waals surface area contributed by atoms with Gasteiger partial charge in [-0.2, -0.15) is 5.10 Å². The van der Waals surface area contributed by atoms with Crippen molar-refractivity contribution in [3.05, 3.63) is 76.2 Å². The Morgan fingerprint density at radius 3 is 3.00 bits per heavy atom. The summed E-state index contributed by atoms with van der Waals surface area (Å²) >= 11 is 1.36. The minimum absolute atomic E-state index is 0.408. The van der Waals surface area contributed by atoms with Crippen LogP contribution < -0.4 is 11.1 Å². The number of hydrogen-bond donors (Lipinski definition) is 1. The van der Waals surface area contributed by atoms with E-state index in [1.54, 1.807) is 36.1 Å². The van der Waals surface area contributed by atoms with Crippen LogP contribution in [0.3, 0.4) is 0 Å². The summed E-state index contributed by atoms with van der Waals surface area (Å²) in [5.41, 5.74) is 4.87. The van der Waals surface area contributed by atoms with Gasteiger partial charge in [-0.1, -0.05) is 24.3 Å². The van der Waals surface area contributed by atoms with E-state index in [2.05, 4.69) is 20.5 Å². The average molecular weight is 348 g/mol. The molecule has 0 aliphatic rings. The van der Waals surface area contributed by atoms with E-state index in [-0.39, 0.29) is 0 Å². The summed E-state index contributed by atoms with van der Waals surface area (Å²) in [5, 5.41) is 7.36. The summed E-state index contributed by atoms with van der Waals surface area (Å²) in [6.45, 7) is 0. The topological polar surface area (TPSA) is 80.4 Å². The van der Waals surface area contributed by atoms with Crippen LogP contribution in [0.2, 0.25) is 0 Å². The molecule has 0 radical (unpaired) electrons. The average Bonchev–Trinajstić information content (AvgIpc) is 3.11. The fourth-order valence-electron chi connectivity index (χ4n) is 2.30. The van der Waals surface area contributed by atoms with Crippen molar-refractivity contribution in [3.63, 3.8) is 0 Å². The summed E-state index contributed by atoms with van der Waals surface area (Å²) in [6.07, 6.45) is 5.06. The predicted molar refractivity (Wildman–Crippen MR) is 99.0 cm³/mol. The van der Waals surface area contributed by atoms with E-state index in [4.69, 9.17) is 4.42 Å². The monoisotopic (exact) mass is 348 g/mol. The molecule has 0 saturated carbocycles. The van der Waals surface area contributed by atoms with Gasteiger partial charge in [0.2, 0.25) is 5.13 Å². The van der Waals surface area contributed by atoms with Crippen LogP contribution in [0.4, 0.5) is 5.13 Å². The third-order valence-electron chi connectivity index (χ3n) is 3.48. The van der Waals surface area contributed by atoms with E-state index in [1.807, 2.05) is 30.3 Å². The van der Waals surface area contributed by atoms with Crippen molar-refractivity contribution in [2.24, 2.45) is 5.10 Å². The van der Waals surface area contributed by atoms with Gasteiger partial charge in [-0.3, -0.25) is 10.4 Å². The van der Waals surface area contributed by atoms with E-state index < -0.39 is 5.63 Å². The lowest BCUT2D eigenvalue weighted by Crippen LogP contribution is -2.02. The summed E-state index contributed by atoms with van der Waals surface area (Å²) in [4.78, 5) is 20.6. The molecular weight excluding hydrogens is 336 g/mol. The smallest absolute Gasteiger partial charge is 0.345 e. The highest BCUT2D eigenvalue weighted by atomic mass is 32.1. The maximum absolute atomic E-state index is 12.2. The van der Waals surface area contributed by atoms with E-state index in [1.165, 1.54) is 11.3 Å². The Balaban J connectivity index is 1.58. The molecular formula is C18H12N4O2S. The van der Waals surface area contributed by atoms with Gasteiger partial charge in [-0.25, -0.2) is 9.78 Å². The van der Waals surface area contributed by atoms with Gasteiger partial charge in [0.25, 0.3) is 0 Å². The number of nitrogens with zero attached hydrogens (tertiary/aromatic N) is 3. The first-order valence-electron chi connectivity index (χ1n) is 7.47. The van der Waals surface area contributed by atoms with Gasteiger partial charge in [0, 0.05) is 28.7 Å². The Labute approximate surface area is 146 Å². The van der Waals surface area contributed by atoms with Gasteiger partial charge in [0.1, 0.15) is 5.58 Å². The molecule has 0 bridgehead atoms. The maximum atomic E-state index is 12.2. The predicted octanol–water partition coefficient (Wildman–Crippen LogP) is 3.76. The van der Waals surface area contributed by atoms with Gasteiger partial charge in [0.05, 0.1) is 17.5 Å². The van der Waals surface area contributed by atoms with Crippen LogP contribution in [0, 0.1) is 0 Å². The largest absolute Gasteiger partial charge is 0.422 e. The number of para-hydroxylation sites is 1. The molecule has 0 saturated heterocycles. The highest BCUT2D eigenvalue weighted by molar-refractivity contribution is 7.14. The zero-order chi connectivity index (χ0) is 17.1. The summed E-state index contributed by atoms with van der Waals surface area (Å²) in [5.74, 6) is 0. The molecule has 1 aromatic carbocycles. The Morgan fingerprint density at radius 1 is 1.20 bits per heavy atom. The van der Waals surface area contributed by atoms with Crippen LogP contribution in [0.1, 0.15) is 5.56 Å². The molecule has 3 aromatic heterocycles. The van der Waals surface area contributed by atoms with Crippen molar-refractivity contribution in [2.45, 2.75) is 0 Å². The molecule has 1 N–H and O–H groups in total. The Bertz CT molecular complexity index is 1100. The maximum Gasteiger partial charge on any atom is 0.345 e. The minimum Gasteiger partial charge on any atom is -0.422 e. The number of benzene rings is 1. The first-order chi connectivity index (χ1) is 12.3. The fraction of sp³-hybridized carbons (Fsp3) is 0. The number of thiazole rings is 1. The number of hydrogen-bond acceptors (Lipinski definition) is 7. The molecule has 0 atom stereocenters. The third-order valence-corrected chi connectivity index (χ3v) is 4.23. The summed E-state index contributed by atoms with van der Waals surface area (Å²) < 4.78 is 5.35. The van der Waals surface area contributed by atoms with E-state index in [0.29, 0.717) is 22.0 Å². The van der Waals surface area contributed by atoms with Crippen LogP contribution in [-0.4, -0.2) is 16.2 Å². The number of hydrazone groups is 1. The number of rotatable bonds is 4. The number of aromatic nitrogens is 2. The molecule has 122 valence electrons. The molecule has 0 aliphatic heterocycles. The lowest BCUT2D eigenvalue weighted by molar-refractivity contribution is 0.563. The van der Waals surface area contributed by atoms with Gasteiger partial charge in [0.15, 0.2) is 0 Å². The molecule has 6 nitrogen and oxygen atoms in total. The van der Waals surface area contributed by atoms with Crippen molar-refractivity contribution in [2.75, 3.05) is 5.43 Å². The van der Waals surface area contributed by atoms with Crippen molar-refractivity contribution >= 4 is 33.7 Å². The SMILES string of the molecule is O=c1oc2ccccc2cc1-c1csc(N/N=C/c2cccnc2)n1. The molecule has 4 rings (SSSR count). The molecule has 7 heteroatoms. The van der Waals surface area contributed by atoms with Crippen LogP contribution in [0.5, 0.6) is 0 Å². The zero-order valence-corrected chi connectivity index (χ0v) is 13.7. The molecule has 0 unspecified atom stereocenters. The highest BCUT2D eigenvalue weighted by Gasteiger charge is 2.11. The van der Waals surface area contributed by atoms with Crippen LogP contribution in [0.25, 0.3) is 22.2 Å². The normalized spacial score (nSPS) is 11.2. The minimum atomic E-state index is -0.408. The molecule has 4 aromatic rings. The van der Waals surface area contributed by atoms with E-state index >= 15 is 0 Å². The van der Waals surface area contributed by atoms with Crippen LogP contribution in [-0.2, 0) is 0 Å². The quantitative estimate of drug-likeness (QED) is 0.345. The van der Waals surface area contributed by atoms with Gasteiger partial charge < -0.3 is 4.42 Å². The van der Waals surface area contributed by atoms with E-state index in [9.17, 15) is 4.79 Å². The van der Waals surface area contributed by atoms with E-state index in [0.717, 1.165) is 10.9 Å². The third kappa shape index (κ3) is 3.31. The first kappa shape index (κ1) is 15.2. The molecule has 3 heterocycles. The van der Waals surface area contributed by atoms with Crippen molar-refractivity contribution in [1.29, 1.82) is 0 Å². The molecule has 0 spiro atoms. The highest BCUT2D eigenvalue weighted by Crippen LogP contribution is 2.25. The molecule has 0 aliphatic carbocycles. The standard InChI is InChI=1S/C18H12N4O2S/c23-17-14(8-13-5-1-2-6-16(13)24-17)15-11-25-18(21-15)22-20-10-12-4-3-7-19-9-12/h1-11H,(H,21,22)/b20-10+. The second-order valence-corrected chi connectivity index (χ2v) is 6.04. The molecule has 0 fully saturated rings. The number of pyridine rings is 1. The van der Waals surface area contributed by atoms with Gasteiger partial charge in [-0.05, 0) is 18.2 Å². The Morgan fingerprint density at radius 2 is 2.12 bits per heavy atom. The second-order valence-electron chi connectivity index (χ2n) is 5.18. The number of nitrogens with one attached hydrogen (secondary N) is 1. The van der Waals surface area contributed by atoms with Gasteiger partial charge >= 0.3 is 5.63 Å². The Kier molecular flexibility index (Phi) is 4.05. The summed E-state index contributed by atoms with van der Waals surface area (Å²) in [7, 11) is 0. The van der Waals surface area contributed by atoms with Crippen LogP contribution >= 0.6 is 11.3 Å². The molecule has 0 amide bonds. The second kappa shape index (κ2) is 6.66. The number of fused-ring (bicyclic) bond motifs is 1. The first-order valence-corrected chi connectivity index (χ1v) is 8.35. The zero-order valence-electron chi connectivity index (χ0n) is 12.9. The van der Waals surface area contributed by atoms with Crippen molar-refractivity contribution in [1.82, 2.24) is 9.97 Å². The van der Waals surface area contributed by atoms with Crippen molar-refractivity contribution < 1.29 is 4.42 Å².